The van der Waals surface area contributed by atoms with Gasteiger partial charge in [0, 0.05) is 11.3 Å². The van der Waals surface area contributed by atoms with Crippen LogP contribution in [-0.2, 0) is 24.6 Å². The van der Waals surface area contributed by atoms with E-state index in [1.807, 2.05) is 6.07 Å². The molecule has 4 aliphatic rings. The summed E-state index contributed by atoms with van der Waals surface area (Å²) in [5.74, 6) is -0.272. The highest BCUT2D eigenvalue weighted by Gasteiger charge is 2.95. The van der Waals surface area contributed by atoms with E-state index in [2.05, 4.69) is 57.3 Å². The quantitative estimate of drug-likeness (QED) is 0.365. The number of ether oxygens (including phenoxy) is 3. The van der Waals surface area contributed by atoms with E-state index in [0.717, 1.165) is 6.42 Å². The van der Waals surface area contributed by atoms with Crippen LogP contribution in [0.3, 0.4) is 0 Å². The monoisotopic (exact) mass is 547 g/mol. The molecule has 6 rings (SSSR count). The van der Waals surface area contributed by atoms with E-state index in [4.69, 9.17) is 14.2 Å². The third-order valence-corrected chi connectivity index (χ3v) is 10.7. The molecule has 0 spiro atoms. The highest BCUT2D eigenvalue weighted by molar-refractivity contribution is 5.78. The Morgan fingerprint density at radius 3 is 2.38 bits per heavy atom. The second-order valence-corrected chi connectivity index (χ2v) is 14.0. The standard InChI is InChI=1S/C33H41NO6/c1-19-18-32-31(7)24(17-23(30(31,5)6)33(32,40-32)22-16-12-11-15-21(19)22)38-27(36)26(35)25(20-13-9-8-10-14-20)34-28(37)39-29(2,3)4/h8-16,19,23-26,35H,17-18H2,1-7H3,(H,34,37)/t19-,23?,24?,25+,26-,31?,32+,33-/m1/s1. The number of amides is 1. The molecule has 3 unspecified atom stereocenters. The number of esters is 1. The van der Waals surface area contributed by atoms with Crippen molar-refractivity contribution in [2.24, 2.45) is 16.7 Å². The number of nitrogens with one attached hydrogen (secondary N) is 1. The van der Waals surface area contributed by atoms with Crippen molar-refractivity contribution >= 4 is 12.1 Å². The summed E-state index contributed by atoms with van der Waals surface area (Å²) in [6, 6.07) is 16.5. The first-order valence-corrected chi connectivity index (χ1v) is 14.4. The van der Waals surface area contributed by atoms with E-state index in [1.165, 1.54) is 11.1 Å². The van der Waals surface area contributed by atoms with Gasteiger partial charge >= 0.3 is 12.1 Å². The van der Waals surface area contributed by atoms with Gasteiger partial charge in [-0.15, -0.1) is 0 Å². The van der Waals surface area contributed by atoms with Gasteiger partial charge in [-0.1, -0.05) is 82.3 Å². The maximum absolute atomic E-state index is 13.6. The number of carbonyl (C=O) groups is 2. The summed E-state index contributed by atoms with van der Waals surface area (Å²) in [7, 11) is 0. The molecule has 40 heavy (non-hydrogen) atoms. The molecular weight excluding hydrogens is 506 g/mol. The Morgan fingerprint density at radius 2 is 1.70 bits per heavy atom. The molecule has 2 aromatic carbocycles. The average Bonchev–Trinajstić information content (AvgIpc) is 3.52. The fraction of sp³-hybridized carbons (Fsp3) is 0.576. The van der Waals surface area contributed by atoms with Crippen molar-refractivity contribution in [2.45, 2.75) is 102 Å². The summed E-state index contributed by atoms with van der Waals surface area (Å²) in [4.78, 5) is 26.3. The predicted octanol–water partition coefficient (Wildman–Crippen LogP) is 5.76. The lowest BCUT2D eigenvalue weighted by Crippen LogP contribution is -2.53. The average molecular weight is 548 g/mol. The first-order valence-electron chi connectivity index (χ1n) is 14.4. The molecule has 214 valence electrons. The molecule has 2 aromatic rings. The van der Waals surface area contributed by atoms with Crippen LogP contribution < -0.4 is 5.32 Å². The minimum absolute atomic E-state index is 0.161. The minimum atomic E-state index is -1.62. The van der Waals surface area contributed by atoms with E-state index >= 15 is 0 Å². The number of fused-ring (bicyclic) bond motifs is 3. The van der Waals surface area contributed by atoms with Gasteiger partial charge in [-0.3, -0.25) is 0 Å². The van der Waals surface area contributed by atoms with Gasteiger partial charge in [0.05, 0.1) is 6.04 Å². The number of hydrogen-bond donors (Lipinski definition) is 2. The zero-order chi connectivity index (χ0) is 28.9. The van der Waals surface area contributed by atoms with Crippen LogP contribution in [0.1, 0.15) is 90.0 Å². The largest absolute Gasteiger partial charge is 0.460 e. The number of alkyl carbamates (subject to hydrolysis) is 1. The van der Waals surface area contributed by atoms with Crippen LogP contribution >= 0.6 is 0 Å². The van der Waals surface area contributed by atoms with E-state index in [1.54, 1.807) is 45.0 Å². The van der Waals surface area contributed by atoms with Crippen LogP contribution in [0.4, 0.5) is 4.79 Å². The van der Waals surface area contributed by atoms with Crippen LogP contribution in [0.15, 0.2) is 54.6 Å². The molecule has 2 N–H and O–H groups in total. The van der Waals surface area contributed by atoms with Crippen LogP contribution in [-0.4, -0.2) is 40.6 Å². The zero-order valence-electron chi connectivity index (χ0n) is 24.5. The Labute approximate surface area is 236 Å². The smallest absolute Gasteiger partial charge is 0.408 e. The molecule has 0 radical (unpaired) electrons. The Kier molecular flexibility index (Phi) is 5.83. The first-order chi connectivity index (χ1) is 18.7. The molecular formula is C33H41NO6. The van der Waals surface area contributed by atoms with Gasteiger partial charge in [0.1, 0.15) is 22.9 Å². The van der Waals surface area contributed by atoms with E-state index in [9.17, 15) is 14.7 Å². The number of carbonyl (C=O) groups excluding carboxylic acids is 2. The summed E-state index contributed by atoms with van der Waals surface area (Å²) in [6.07, 6.45) is -1.24. The van der Waals surface area contributed by atoms with Crippen LogP contribution in [0.2, 0.25) is 0 Å². The van der Waals surface area contributed by atoms with Gasteiger partial charge in [0.2, 0.25) is 0 Å². The van der Waals surface area contributed by atoms with Crippen molar-refractivity contribution < 1.29 is 28.9 Å². The van der Waals surface area contributed by atoms with Gasteiger partial charge in [-0.05, 0) is 61.6 Å². The molecule has 1 amide bonds. The van der Waals surface area contributed by atoms with Crippen molar-refractivity contribution in [3.63, 3.8) is 0 Å². The van der Waals surface area contributed by atoms with E-state index < -0.39 is 46.9 Å². The number of rotatable bonds is 5. The van der Waals surface area contributed by atoms with Gasteiger partial charge in [0.25, 0.3) is 0 Å². The fourth-order valence-electron chi connectivity index (χ4n) is 8.69. The third kappa shape index (κ3) is 3.43. The van der Waals surface area contributed by atoms with Crippen molar-refractivity contribution in [2.75, 3.05) is 0 Å². The fourth-order valence-corrected chi connectivity index (χ4v) is 8.69. The predicted molar refractivity (Wildman–Crippen MR) is 149 cm³/mol. The lowest BCUT2D eigenvalue weighted by Gasteiger charge is -2.46. The number of hydrogen-bond acceptors (Lipinski definition) is 6. The Balaban J connectivity index is 1.28. The second-order valence-electron chi connectivity index (χ2n) is 14.0. The Bertz CT molecular complexity index is 1350. The topological polar surface area (TPSA) is 97.4 Å². The zero-order valence-corrected chi connectivity index (χ0v) is 24.5. The Morgan fingerprint density at radius 1 is 1.05 bits per heavy atom. The van der Waals surface area contributed by atoms with Crippen LogP contribution in [0, 0.1) is 16.7 Å². The molecule has 3 aliphatic carbocycles. The molecule has 3 fully saturated rings. The first kappa shape index (κ1) is 27.3. The van der Waals surface area contributed by atoms with E-state index in [0.29, 0.717) is 17.9 Å². The van der Waals surface area contributed by atoms with Crippen molar-refractivity contribution in [3.8, 4) is 0 Å². The molecule has 7 heteroatoms. The van der Waals surface area contributed by atoms with Gasteiger partial charge < -0.3 is 24.6 Å². The van der Waals surface area contributed by atoms with Crippen LogP contribution in [0.5, 0.6) is 0 Å². The molecule has 1 saturated heterocycles. The number of aliphatic hydroxyl groups excluding tert-OH is 1. The minimum Gasteiger partial charge on any atom is -0.460 e. The summed E-state index contributed by atoms with van der Waals surface area (Å²) in [6.45, 7) is 14.3. The molecule has 2 saturated carbocycles. The van der Waals surface area contributed by atoms with Crippen molar-refractivity contribution in [1.29, 1.82) is 0 Å². The SMILES string of the molecule is C[C@@H]1C[C@@]23O[C@]2(c2ccccc21)C1CC(OC(=O)[C@H](O)[C@@H](NC(=O)OC(C)(C)C)c2ccccc2)C3(C)C1(C)C. The number of epoxide rings is 1. The lowest BCUT2D eigenvalue weighted by molar-refractivity contribution is -0.173. The summed E-state index contributed by atoms with van der Waals surface area (Å²) in [5, 5.41) is 14.0. The molecule has 8 atom stereocenters. The molecule has 0 aromatic heterocycles. The van der Waals surface area contributed by atoms with Gasteiger partial charge in [0.15, 0.2) is 6.10 Å². The van der Waals surface area contributed by atoms with Crippen molar-refractivity contribution in [3.05, 3.63) is 71.3 Å². The summed E-state index contributed by atoms with van der Waals surface area (Å²) >= 11 is 0. The maximum atomic E-state index is 13.6. The highest BCUT2D eigenvalue weighted by Crippen LogP contribution is 2.89. The normalized spacial score (nSPS) is 36.0. The number of aliphatic hydroxyl groups is 1. The van der Waals surface area contributed by atoms with Gasteiger partial charge in [-0.2, -0.15) is 0 Å². The molecule has 2 bridgehead atoms. The molecule has 1 heterocycles. The van der Waals surface area contributed by atoms with E-state index in [-0.39, 0.29) is 16.9 Å². The molecule has 7 nitrogen and oxygen atoms in total. The second kappa shape index (κ2) is 8.56. The number of benzene rings is 2. The summed E-state index contributed by atoms with van der Waals surface area (Å²) < 4.78 is 18.5. The lowest BCUT2D eigenvalue weighted by atomic mass is 9.58. The van der Waals surface area contributed by atoms with Gasteiger partial charge in [-0.25, -0.2) is 9.59 Å². The maximum Gasteiger partial charge on any atom is 0.408 e. The Hall–Kier alpha value is -2.90. The molecule has 1 aliphatic heterocycles. The third-order valence-electron chi connectivity index (χ3n) is 10.7. The van der Waals surface area contributed by atoms with Crippen molar-refractivity contribution in [1.82, 2.24) is 5.32 Å². The highest BCUT2D eigenvalue weighted by atomic mass is 16.6. The van der Waals surface area contributed by atoms with Crippen LogP contribution in [0.25, 0.3) is 0 Å². The summed E-state index contributed by atoms with van der Waals surface area (Å²) in [5.41, 5.74) is 1.08.